The Labute approximate surface area is 101 Å². The van der Waals surface area contributed by atoms with E-state index < -0.39 is 5.97 Å². The number of ether oxygens (including phenoxy) is 1. The van der Waals surface area contributed by atoms with Gasteiger partial charge in [-0.2, -0.15) is 0 Å². The lowest BCUT2D eigenvalue weighted by Gasteiger charge is -2.02. The van der Waals surface area contributed by atoms with Crippen molar-refractivity contribution in [2.24, 2.45) is 0 Å². The zero-order valence-corrected chi connectivity index (χ0v) is 9.35. The lowest BCUT2D eigenvalue weighted by Crippen LogP contribution is -2.08. The van der Waals surface area contributed by atoms with Crippen LogP contribution >= 0.6 is 11.6 Å². The predicted molar refractivity (Wildman–Crippen MR) is 59.3 cm³/mol. The maximum absolute atomic E-state index is 11.5. The average Bonchev–Trinajstić information content (AvgIpc) is 2.74. The van der Waals surface area contributed by atoms with E-state index in [-0.39, 0.29) is 18.1 Å². The number of nitrogen functional groups attached to an aromatic ring is 1. The van der Waals surface area contributed by atoms with Gasteiger partial charge in [-0.1, -0.05) is 23.7 Å². The number of benzene rings is 1. The predicted octanol–water partition coefficient (Wildman–Crippen LogP) is 1.66. The van der Waals surface area contributed by atoms with Crippen LogP contribution in [0.25, 0.3) is 0 Å². The molecule has 2 aromatic rings. The van der Waals surface area contributed by atoms with Gasteiger partial charge in [0.1, 0.15) is 6.61 Å². The third kappa shape index (κ3) is 2.73. The highest BCUT2D eigenvalue weighted by Gasteiger charge is 2.17. The minimum absolute atomic E-state index is 0.0916. The quantitative estimate of drug-likeness (QED) is 0.837. The largest absolute Gasteiger partial charge is 0.456 e. The molecule has 2 N–H and O–H groups in total. The number of hydrogen-bond acceptors (Lipinski definition) is 6. The van der Waals surface area contributed by atoms with E-state index in [0.717, 1.165) is 5.56 Å². The van der Waals surface area contributed by atoms with Gasteiger partial charge in [-0.3, -0.25) is 0 Å². The van der Waals surface area contributed by atoms with E-state index in [0.29, 0.717) is 5.02 Å². The van der Waals surface area contributed by atoms with Crippen LogP contribution < -0.4 is 5.73 Å². The minimum Gasteiger partial charge on any atom is -0.456 e. The molecular formula is C10H8ClN3O3. The van der Waals surface area contributed by atoms with Gasteiger partial charge in [0.2, 0.25) is 11.5 Å². The Morgan fingerprint density at radius 2 is 2.06 bits per heavy atom. The number of rotatable bonds is 3. The summed E-state index contributed by atoms with van der Waals surface area (Å²) in [5.74, 6) is -0.773. The first-order valence-electron chi connectivity index (χ1n) is 4.66. The molecule has 0 amide bonds. The van der Waals surface area contributed by atoms with Crippen LogP contribution in [0.2, 0.25) is 5.02 Å². The van der Waals surface area contributed by atoms with Crippen LogP contribution in [0, 0.1) is 0 Å². The van der Waals surface area contributed by atoms with Crippen LogP contribution in [0.5, 0.6) is 0 Å². The molecule has 0 unspecified atom stereocenters. The Morgan fingerprint density at radius 1 is 1.35 bits per heavy atom. The highest BCUT2D eigenvalue weighted by molar-refractivity contribution is 6.30. The molecule has 0 saturated carbocycles. The summed E-state index contributed by atoms with van der Waals surface area (Å²) >= 11 is 5.72. The van der Waals surface area contributed by atoms with Crippen molar-refractivity contribution in [3.63, 3.8) is 0 Å². The molecular weight excluding hydrogens is 246 g/mol. The Morgan fingerprint density at radius 3 is 2.65 bits per heavy atom. The third-order valence-corrected chi connectivity index (χ3v) is 2.24. The summed E-state index contributed by atoms with van der Waals surface area (Å²) in [5, 5.41) is 7.23. The Balaban J connectivity index is 1.97. The molecule has 1 aromatic heterocycles. The lowest BCUT2D eigenvalue weighted by atomic mass is 10.2. The summed E-state index contributed by atoms with van der Waals surface area (Å²) in [5.41, 5.74) is 6.02. The van der Waals surface area contributed by atoms with Crippen LogP contribution in [0.4, 0.5) is 5.82 Å². The van der Waals surface area contributed by atoms with Crippen molar-refractivity contribution < 1.29 is 14.2 Å². The van der Waals surface area contributed by atoms with Crippen LogP contribution in [-0.4, -0.2) is 16.3 Å². The van der Waals surface area contributed by atoms with Gasteiger partial charge in [-0.15, -0.1) is 0 Å². The number of esters is 1. The fourth-order valence-corrected chi connectivity index (χ4v) is 1.26. The number of hydrogen-bond donors (Lipinski definition) is 1. The van der Waals surface area contributed by atoms with Crippen LogP contribution in [0.15, 0.2) is 28.9 Å². The molecule has 6 nitrogen and oxygen atoms in total. The molecule has 0 bridgehead atoms. The average molecular weight is 254 g/mol. The fraction of sp³-hybridized carbons (Fsp3) is 0.100. The van der Waals surface area contributed by atoms with E-state index >= 15 is 0 Å². The topological polar surface area (TPSA) is 91.2 Å². The van der Waals surface area contributed by atoms with E-state index in [2.05, 4.69) is 14.9 Å². The minimum atomic E-state index is -0.682. The monoisotopic (exact) mass is 253 g/mol. The Bertz CT molecular complexity index is 524. The van der Waals surface area contributed by atoms with E-state index in [4.69, 9.17) is 22.1 Å². The zero-order valence-electron chi connectivity index (χ0n) is 8.59. The molecule has 1 heterocycles. The zero-order chi connectivity index (χ0) is 12.3. The Kier molecular flexibility index (Phi) is 3.24. The number of halogens is 1. The summed E-state index contributed by atoms with van der Waals surface area (Å²) in [6, 6.07) is 6.91. The van der Waals surface area contributed by atoms with Crippen molar-refractivity contribution in [2.45, 2.75) is 6.61 Å². The van der Waals surface area contributed by atoms with Crippen molar-refractivity contribution in [3.8, 4) is 0 Å². The molecule has 0 spiro atoms. The van der Waals surface area contributed by atoms with Crippen molar-refractivity contribution in [1.29, 1.82) is 0 Å². The molecule has 1 aromatic carbocycles. The molecule has 0 radical (unpaired) electrons. The smallest absolute Gasteiger partial charge is 0.364 e. The molecule has 0 fully saturated rings. The van der Waals surface area contributed by atoms with E-state index in [1.54, 1.807) is 24.3 Å². The maximum Gasteiger partial charge on any atom is 0.364 e. The molecule has 0 aliphatic carbocycles. The van der Waals surface area contributed by atoms with E-state index in [1.165, 1.54) is 0 Å². The number of carbonyl (C=O) groups is 1. The van der Waals surface area contributed by atoms with Crippen molar-refractivity contribution in [2.75, 3.05) is 5.73 Å². The van der Waals surface area contributed by atoms with E-state index in [9.17, 15) is 4.79 Å². The summed E-state index contributed by atoms with van der Waals surface area (Å²) in [6.45, 7) is 0.0995. The van der Waals surface area contributed by atoms with Gasteiger partial charge in [0.25, 0.3) is 0 Å². The molecule has 0 aliphatic rings. The number of nitrogens with zero attached hydrogens (tertiary/aromatic N) is 2. The number of aromatic nitrogens is 2. The summed E-state index contributed by atoms with van der Waals surface area (Å²) in [7, 11) is 0. The SMILES string of the molecule is Nc1nonc1C(=O)OCc1ccc(Cl)cc1. The van der Waals surface area contributed by atoms with Crippen molar-refractivity contribution in [3.05, 3.63) is 40.5 Å². The van der Waals surface area contributed by atoms with Gasteiger partial charge in [0.15, 0.2) is 0 Å². The van der Waals surface area contributed by atoms with Gasteiger partial charge >= 0.3 is 5.97 Å². The Hall–Kier alpha value is -2.08. The second-order valence-electron chi connectivity index (χ2n) is 3.20. The van der Waals surface area contributed by atoms with Crippen LogP contribution in [0.1, 0.15) is 16.1 Å². The number of anilines is 1. The number of nitrogens with two attached hydrogens (primary N) is 1. The first kappa shape index (κ1) is 11.4. The van der Waals surface area contributed by atoms with E-state index in [1.807, 2.05) is 0 Å². The summed E-state index contributed by atoms with van der Waals surface area (Å²) in [6.07, 6.45) is 0. The molecule has 7 heteroatoms. The molecule has 2 rings (SSSR count). The van der Waals surface area contributed by atoms with Crippen molar-refractivity contribution in [1.82, 2.24) is 10.3 Å². The lowest BCUT2D eigenvalue weighted by molar-refractivity contribution is 0.0461. The van der Waals surface area contributed by atoms with Gasteiger partial charge in [0.05, 0.1) is 0 Å². The first-order valence-corrected chi connectivity index (χ1v) is 5.04. The maximum atomic E-state index is 11.5. The second kappa shape index (κ2) is 4.84. The van der Waals surface area contributed by atoms with Crippen LogP contribution in [0.3, 0.4) is 0 Å². The fourth-order valence-electron chi connectivity index (χ4n) is 1.13. The molecule has 0 aliphatic heterocycles. The molecule has 0 saturated heterocycles. The van der Waals surface area contributed by atoms with Crippen molar-refractivity contribution >= 4 is 23.4 Å². The summed E-state index contributed by atoms with van der Waals surface area (Å²) in [4.78, 5) is 11.5. The van der Waals surface area contributed by atoms with Gasteiger partial charge in [0, 0.05) is 5.02 Å². The van der Waals surface area contributed by atoms with Gasteiger partial charge < -0.3 is 10.5 Å². The summed E-state index contributed by atoms with van der Waals surface area (Å²) < 4.78 is 9.26. The third-order valence-electron chi connectivity index (χ3n) is 1.99. The van der Waals surface area contributed by atoms with Gasteiger partial charge in [-0.25, -0.2) is 9.42 Å². The van der Waals surface area contributed by atoms with Gasteiger partial charge in [-0.05, 0) is 28.0 Å². The number of carbonyl (C=O) groups excluding carboxylic acids is 1. The highest BCUT2D eigenvalue weighted by Crippen LogP contribution is 2.12. The molecule has 17 heavy (non-hydrogen) atoms. The standard InChI is InChI=1S/C10H8ClN3O3/c11-7-3-1-6(2-4-7)5-16-10(15)8-9(12)14-17-13-8/h1-4H,5H2,(H2,12,14). The normalized spacial score (nSPS) is 10.2. The first-order chi connectivity index (χ1) is 8.16. The van der Waals surface area contributed by atoms with Crippen LogP contribution in [-0.2, 0) is 11.3 Å². The molecule has 88 valence electrons. The molecule has 0 atom stereocenters. The second-order valence-corrected chi connectivity index (χ2v) is 3.64. The highest BCUT2D eigenvalue weighted by atomic mass is 35.5.